The summed E-state index contributed by atoms with van der Waals surface area (Å²) in [7, 11) is 0. The first-order chi connectivity index (χ1) is 28.6. The number of fused-ring (bicyclic) bond motifs is 5. The molecule has 6 N–H and O–H groups in total. The molecule has 5 rings (SSSR count). The molecule has 0 aromatic carbocycles. The van der Waals surface area contributed by atoms with Gasteiger partial charge in [0, 0.05) is 40.2 Å². The minimum absolute atomic E-state index is 0.0533. The zero-order valence-electron chi connectivity index (χ0n) is 35.7. The molecule has 0 unspecified atom stereocenters. The fourth-order valence-electron chi connectivity index (χ4n) is 7.87. The molecule has 1 atom stereocenters. The lowest BCUT2D eigenvalue weighted by Crippen LogP contribution is -2.20. The van der Waals surface area contributed by atoms with Crippen molar-refractivity contribution in [3.63, 3.8) is 0 Å². The Morgan fingerprint density at radius 3 is 2.08 bits per heavy atom. The normalized spacial score (nSPS) is 17.9. The molecule has 1 aromatic rings. The summed E-state index contributed by atoms with van der Waals surface area (Å²) in [5.41, 5.74) is 12.0. The number of nitrogens with one attached hydrogen (secondary N) is 1. The van der Waals surface area contributed by atoms with Crippen molar-refractivity contribution < 1.29 is 35.1 Å². The van der Waals surface area contributed by atoms with Crippen molar-refractivity contribution >= 4 is 47.3 Å². The van der Waals surface area contributed by atoms with E-state index in [0.29, 0.717) is 63.8 Å². The molecule has 0 saturated carbocycles. The van der Waals surface area contributed by atoms with Crippen molar-refractivity contribution in [2.45, 2.75) is 112 Å². The summed E-state index contributed by atoms with van der Waals surface area (Å²) in [4.78, 5) is 41.9. The number of allylic oxidation sites excluding steroid dienone is 12. The third kappa shape index (κ3) is 10.8. The molecule has 60 heavy (non-hydrogen) atoms. The third-order valence-electron chi connectivity index (χ3n) is 11.3. The van der Waals surface area contributed by atoms with Crippen LogP contribution in [0.5, 0.6) is 0 Å². The minimum Gasteiger partial charge on any atom is -0.515 e. The Kier molecular flexibility index (Phi) is 15.3. The van der Waals surface area contributed by atoms with Crippen molar-refractivity contribution in [2.24, 2.45) is 15.0 Å². The predicted octanol–water partition coefficient (Wildman–Crippen LogP) is 8.26. The smallest absolute Gasteiger partial charge is 0.303 e. The van der Waals surface area contributed by atoms with Crippen molar-refractivity contribution in [1.29, 1.82) is 0 Å². The Balaban J connectivity index is 1.58. The number of carbonyl (C=O) groups is 2. The van der Waals surface area contributed by atoms with Gasteiger partial charge in [-0.3, -0.25) is 9.59 Å². The summed E-state index contributed by atoms with van der Waals surface area (Å²) >= 11 is 0. The Hall–Kier alpha value is -5.91. The van der Waals surface area contributed by atoms with Gasteiger partial charge in [-0.1, -0.05) is 42.0 Å². The molecule has 8 bridgehead atoms. The number of aliphatic imine (C=N–C) groups is 3. The zero-order chi connectivity index (χ0) is 43.7. The highest BCUT2D eigenvalue weighted by atomic mass is 16.4. The summed E-state index contributed by atoms with van der Waals surface area (Å²) < 4.78 is 0. The van der Waals surface area contributed by atoms with Gasteiger partial charge in [0.2, 0.25) is 0 Å². The molecule has 4 aliphatic heterocycles. The Bertz CT molecular complexity index is 2460. The Morgan fingerprint density at radius 1 is 0.767 bits per heavy atom. The van der Waals surface area contributed by atoms with Gasteiger partial charge in [-0.2, -0.15) is 0 Å². The zero-order valence-corrected chi connectivity index (χ0v) is 35.7. The number of H-pyrrole nitrogens is 1. The van der Waals surface area contributed by atoms with Crippen molar-refractivity contribution in [1.82, 2.24) is 4.98 Å². The van der Waals surface area contributed by atoms with Crippen LogP contribution in [-0.2, 0) is 9.59 Å². The standard InChI is InChI=1S/C49H58N4O7/c1-8-34-30(5)39-24-45-49(46(56)17-11-16-33(26-54)15-10-14-29(4)13-9-12-28(2)3)32(7)40(52-45)23-44-37(27-55)36(19-21-48(59)60)43(53-44)25-42-35(18-20-47(57)58)31(6)38(51-42)22-41(34)50-39/h8,12,14,16,22-25,27,46,50,54-56H,1,9-11,13,15,17-21,26H2,2-7H3,(H,57,58)(H,59,60)/b29-14+,33-16-,37-27?,39-24?,40-23?,41-22?,42-25?/t46-/m0/s1. The summed E-state index contributed by atoms with van der Waals surface area (Å²) in [5.74, 6) is -1.96. The molecule has 316 valence electrons. The third-order valence-corrected chi connectivity index (χ3v) is 11.3. The fourth-order valence-corrected chi connectivity index (χ4v) is 7.87. The van der Waals surface area contributed by atoms with Gasteiger partial charge in [-0.25, -0.2) is 15.0 Å². The molecule has 11 nitrogen and oxygen atoms in total. The van der Waals surface area contributed by atoms with Crippen molar-refractivity contribution in [2.75, 3.05) is 6.61 Å². The maximum atomic E-state index is 11.9. The van der Waals surface area contributed by atoms with E-state index in [2.05, 4.69) is 44.5 Å². The van der Waals surface area contributed by atoms with Crippen LogP contribution < -0.4 is 10.7 Å². The number of rotatable bonds is 18. The van der Waals surface area contributed by atoms with E-state index in [1.165, 1.54) is 11.1 Å². The number of hydrogen-bond acceptors (Lipinski definition) is 8. The number of aromatic amines is 1. The first kappa shape index (κ1) is 45.2. The molecular weight excluding hydrogens is 757 g/mol. The van der Waals surface area contributed by atoms with Gasteiger partial charge in [0.25, 0.3) is 0 Å². The second-order valence-electron chi connectivity index (χ2n) is 15.9. The number of aliphatic carboxylic acids is 2. The fraction of sp³-hybridized carbons (Fsp3) is 0.367. The molecule has 4 aliphatic rings. The molecule has 0 fully saturated rings. The Morgan fingerprint density at radius 2 is 1.43 bits per heavy atom. The number of nitrogens with zero attached hydrogens (tertiary/aromatic N) is 3. The highest BCUT2D eigenvalue weighted by Gasteiger charge is 2.30. The summed E-state index contributed by atoms with van der Waals surface area (Å²) in [6, 6.07) is 0. The molecule has 0 aliphatic carbocycles. The molecule has 0 spiro atoms. The van der Waals surface area contributed by atoms with E-state index in [1.807, 2.05) is 39.0 Å². The molecule has 0 radical (unpaired) electrons. The number of carboxylic acids is 2. The van der Waals surface area contributed by atoms with Gasteiger partial charge in [-0.05, 0) is 151 Å². The van der Waals surface area contributed by atoms with Crippen LogP contribution in [0.2, 0.25) is 0 Å². The minimum atomic E-state index is -1.01. The molecule has 0 saturated heterocycles. The van der Waals surface area contributed by atoms with E-state index in [9.17, 15) is 35.1 Å². The predicted molar refractivity (Wildman–Crippen MR) is 241 cm³/mol. The topological polar surface area (TPSA) is 188 Å². The van der Waals surface area contributed by atoms with Crippen LogP contribution in [0.4, 0.5) is 0 Å². The van der Waals surface area contributed by atoms with Gasteiger partial charge >= 0.3 is 11.9 Å². The molecule has 11 heteroatoms. The maximum absolute atomic E-state index is 11.9. The molecule has 5 heterocycles. The second kappa shape index (κ2) is 20.4. The van der Waals surface area contributed by atoms with Crippen molar-refractivity contribution in [3.8, 4) is 0 Å². The van der Waals surface area contributed by atoms with Crippen LogP contribution >= 0.6 is 0 Å². The highest BCUT2D eigenvalue weighted by molar-refractivity contribution is 6.25. The number of carboxylic acid groups (broad SMARTS) is 2. The van der Waals surface area contributed by atoms with Gasteiger partial charge in [0.15, 0.2) is 0 Å². The van der Waals surface area contributed by atoms with Gasteiger partial charge in [-0.15, -0.1) is 0 Å². The Labute approximate surface area is 352 Å². The monoisotopic (exact) mass is 814 g/mol. The average molecular weight is 815 g/mol. The number of aliphatic hydroxyl groups is 3. The first-order valence-electron chi connectivity index (χ1n) is 20.6. The van der Waals surface area contributed by atoms with Crippen LogP contribution in [0, 0.1) is 6.92 Å². The van der Waals surface area contributed by atoms with Crippen LogP contribution in [0.25, 0.3) is 18.2 Å². The van der Waals surface area contributed by atoms with E-state index in [4.69, 9.17) is 15.0 Å². The maximum Gasteiger partial charge on any atom is 0.303 e. The van der Waals surface area contributed by atoms with Crippen LogP contribution in [-0.4, -0.2) is 72.3 Å². The molecular formula is C49H58N4O7. The second-order valence-corrected chi connectivity index (χ2v) is 15.9. The van der Waals surface area contributed by atoms with Crippen LogP contribution in [0.15, 0.2) is 125 Å². The van der Waals surface area contributed by atoms with Crippen LogP contribution in [0.3, 0.4) is 0 Å². The van der Waals surface area contributed by atoms with Crippen LogP contribution in [0.1, 0.15) is 110 Å². The summed E-state index contributed by atoms with van der Waals surface area (Å²) in [6.07, 6.45) is 20.0. The number of hydrogen-bond donors (Lipinski definition) is 6. The lowest BCUT2D eigenvalue weighted by atomic mass is 9.94. The molecule has 0 amide bonds. The van der Waals surface area contributed by atoms with E-state index in [-0.39, 0.29) is 32.3 Å². The summed E-state index contributed by atoms with van der Waals surface area (Å²) in [5, 5.41) is 53.4. The van der Waals surface area contributed by atoms with Gasteiger partial charge < -0.3 is 30.5 Å². The van der Waals surface area contributed by atoms with E-state index in [0.717, 1.165) is 76.1 Å². The van der Waals surface area contributed by atoms with E-state index in [1.54, 1.807) is 18.2 Å². The summed E-state index contributed by atoms with van der Waals surface area (Å²) in [6.45, 7) is 16.1. The average Bonchev–Trinajstić information content (AvgIpc) is 3.87. The highest BCUT2D eigenvalue weighted by Crippen LogP contribution is 2.38. The lowest BCUT2D eigenvalue weighted by molar-refractivity contribution is -0.137. The SMILES string of the molecule is C=Cc1c(C)c2[nH]c1=CC1=NC(=CC3=C(CCC(=O)O)C(=CO)C(=N3)C=C3N=C(C=2)C([C@@H](O)CC/C=C(\CO)CC/C=C(\C)CCC=C(C)C)=C3C)C(CCC(=O)O)=C1C. The van der Waals surface area contributed by atoms with E-state index < -0.39 is 18.0 Å². The van der Waals surface area contributed by atoms with Crippen molar-refractivity contribution in [3.05, 3.63) is 132 Å². The van der Waals surface area contributed by atoms with E-state index >= 15 is 0 Å². The quantitative estimate of drug-likeness (QED) is 0.0636. The first-order valence-corrected chi connectivity index (χ1v) is 20.6. The molecule has 1 aromatic heterocycles. The number of aromatic nitrogens is 1. The lowest BCUT2D eigenvalue weighted by Gasteiger charge is -2.14. The number of aliphatic hydroxyl groups excluding tert-OH is 3. The van der Waals surface area contributed by atoms with Gasteiger partial charge in [0.05, 0.1) is 53.2 Å². The van der Waals surface area contributed by atoms with Gasteiger partial charge in [0.1, 0.15) is 0 Å². The largest absolute Gasteiger partial charge is 0.515 e.